The van der Waals surface area contributed by atoms with Gasteiger partial charge in [-0.25, -0.2) is 4.79 Å². The van der Waals surface area contributed by atoms with Gasteiger partial charge in [0.1, 0.15) is 6.61 Å². The van der Waals surface area contributed by atoms with Crippen molar-refractivity contribution < 1.29 is 19.1 Å². The third-order valence-electron chi connectivity index (χ3n) is 2.94. The molecule has 0 heterocycles. The minimum atomic E-state index is -0.380. The lowest BCUT2D eigenvalue weighted by atomic mass is 10.2. The molecular formula is C18H19NO4. The van der Waals surface area contributed by atoms with E-state index in [1.54, 1.807) is 31.2 Å². The van der Waals surface area contributed by atoms with E-state index in [1.165, 1.54) is 0 Å². The summed E-state index contributed by atoms with van der Waals surface area (Å²) >= 11 is 0. The van der Waals surface area contributed by atoms with Crippen LogP contribution in [0.4, 0.5) is 0 Å². The van der Waals surface area contributed by atoms with Gasteiger partial charge in [0.05, 0.1) is 12.2 Å². The van der Waals surface area contributed by atoms with Crippen LogP contribution in [0.3, 0.4) is 0 Å². The highest BCUT2D eigenvalue weighted by Crippen LogP contribution is 2.14. The summed E-state index contributed by atoms with van der Waals surface area (Å²) in [6.45, 7) is 4.36. The van der Waals surface area contributed by atoms with E-state index in [2.05, 4.69) is 5.16 Å². The summed E-state index contributed by atoms with van der Waals surface area (Å²) in [5.74, 6) is 0.580. The molecule has 0 aliphatic carbocycles. The lowest BCUT2D eigenvalue weighted by Gasteiger charge is -2.06. The Morgan fingerprint density at radius 2 is 1.70 bits per heavy atom. The Balaban J connectivity index is 1.88. The van der Waals surface area contributed by atoms with Crippen LogP contribution in [0.25, 0.3) is 0 Å². The summed E-state index contributed by atoms with van der Waals surface area (Å²) < 4.78 is 10.4. The minimum Gasteiger partial charge on any atom is -0.479 e. The van der Waals surface area contributed by atoms with Crippen molar-refractivity contribution >= 4 is 11.9 Å². The van der Waals surface area contributed by atoms with E-state index in [4.69, 9.17) is 14.3 Å². The van der Waals surface area contributed by atoms with Gasteiger partial charge in [-0.1, -0.05) is 30.3 Å². The van der Waals surface area contributed by atoms with E-state index in [0.29, 0.717) is 23.8 Å². The predicted molar refractivity (Wildman–Crippen MR) is 87.4 cm³/mol. The van der Waals surface area contributed by atoms with Crippen molar-refractivity contribution in [2.75, 3.05) is 6.61 Å². The van der Waals surface area contributed by atoms with Gasteiger partial charge in [0.2, 0.25) is 5.90 Å². The van der Waals surface area contributed by atoms with Crippen LogP contribution in [-0.2, 0) is 16.1 Å². The van der Waals surface area contributed by atoms with Gasteiger partial charge in [0.25, 0.3) is 0 Å². The highest BCUT2D eigenvalue weighted by Gasteiger charge is 2.07. The average Bonchev–Trinajstić information content (AvgIpc) is 2.59. The Morgan fingerprint density at radius 1 is 1.00 bits per heavy atom. The fourth-order valence-electron chi connectivity index (χ4n) is 1.81. The van der Waals surface area contributed by atoms with Crippen LogP contribution < -0.4 is 4.84 Å². The van der Waals surface area contributed by atoms with E-state index >= 15 is 0 Å². The molecule has 5 nitrogen and oxygen atoms in total. The molecule has 0 saturated heterocycles. The maximum absolute atomic E-state index is 12.0. The van der Waals surface area contributed by atoms with Crippen LogP contribution in [0.1, 0.15) is 29.8 Å². The highest BCUT2D eigenvalue weighted by molar-refractivity contribution is 5.89. The summed E-state index contributed by atoms with van der Waals surface area (Å²) in [6.07, 6.45) is 0. The van der Waals surface area contributed by atoms with Gasteiger partial charge in [-0.15, -0.1) is 0 Å². The monoisotopic (exact) mass is 313 g/mol. The number of carbonyl (C=O) groups is 1. The van der Waals surface area contributed by atoms with E-state index in [1.807, 2.05) is 37.3 Å². The average molecular weight is 313 g/mol. The zero-order chi connectivity index (χ0) is 16.5. The zero-order valence-corrected chi connectivity index (χ0v) is 13.2. The minimum absolute atomic E-state index is 0.246. The van der Waals surface area contributed by atoms with Crippen molar-refractivity contribution in [2.45, 2.75) is 20.5 Å². The summed E-state index contributed by atoms with van der Waals surface area (Å²) in [5, 5.41) is 3.81. The van der Waals surface area contributed by atoms with Crippen molar-refractivity contribution in [1.82, 2.24) is 0 Å². The second-order valence-corrected chi connectivity index (χ2v) is 4.72. The summed E-state index contributed by atoms with van der Waals surface area (Å²) in [7, 11) is 0. The van der Waals surface area contributed by atoms with Crippen molar-refractivity contribution in [2.24, 2.45) is 5.16 Å². The molecule has 2 aromatic carbocycles. The lowest BCUT2D eigenvalue weighted by Crippen LogP contribution is -2.05. The van der Waals surface area contributed by atoms with Gasteiger partial charge in [-0.05, 0) is 41.9 Å². The number of benzene rings is 2. The Kier molecular flexibility index (Phi) is 6.17. The quantitative estimate of drug-likeness (QED) is 0.352. The second-order valence-electron chi connectivity index (χ2n) is 4.72. The molecule has 0 radical (unpaired) electrons. The number of rotatable bonds is 6. The first kappa shape index (κ1) is 16.5. The number of hydrogen-bond donors (Lipinski definition) is 0. The number of esters is 1. The molecule has 0 unspecified atom stereocenters. The third kappa shape index (κ3) is 5.47. The molecule has 23 heavy (non-hydrogen) atoms. The Hall–Kier alpha value is -2.82. The van der Waals surface area contributed by atoms with Crippen LogP contribution in [0, 0.1) is 0 Å². The molecule has 0 bridgehead atoms. The lowest BCUT2D eigenvalue weighted by molar-refractivity contribution is 0.0472. The van der Waals surface area contributed by atoms with Crippen molar-refractivity contribution in [1.29, 1.82) is 0 Å². The van der Waals surface area contributed by atoms with Gasteiger partial charge in [0, 0.05) is 6.92 Å². The van der Waals surface area contributed by atoms with Crippen LogP contribution in [0.15, 0.2) is 59.8 Å². The normalized spacial score (nSPS) is 11.0. The molecule has 0 atom stereocenters. The van der Waals surface area contributed by atoms with Crippen LogP contribution in [0.2, 0.25) is 0 Å². The van der Waals surface area contributed by atoms with Crippen molar-refractivity contribution in [3.8, 4) is 5.75 Å². The highest BCUT2D eigenvalue weighted by atomic mass is 16.6. The summed E-state index contributed by atoms with van der Waals surface area (Å²) in [4.78, 5) is 17.2. The molecule has 0 aromatic heterocycles. The molecule has 0 aliphatic heterocycles. The molecule has 0 spiro atoms. The molecule has 0 saturated carbocycles. The van der Waals surface area contributed by atoms with E-state index < -0.39 is 0 Å². The number of nitrogens with zero attached hydrogens (tertiary/aromatic N) is 1. The molecule has 0 fully saturated rings. The Bertz CT molecular complexity index is 650. The topological polar surface area (TPSA) is 57.1 Å². The molecule has 2 aromatic rings. The largest absolute Gasteiger partial charge is 0.479 e. The maximum Gasteiger partial charge on any atom is 0.338 e. The molecular weight excluding hydrogens is 294 g/mol. The summed E-state index contributed by atoms with van der Waals surface area (Å²) in [5.41, 5.74) is 1.40. The van der Waals surface area contributed by atoms with E-state index in [-0.39, 0.29) is 12.6 Å². The number of carbonyl (C=O) groups excluding carboxylic acids is 1. The Morgan fingerprint density at radius 3 is 2.35 bits per heavy atom. The van der Waals surface area contributed by atoms with Crippen LogP contribution >= 0.6 is 0 Å². The standard InChI is InChI=1S/C18H19NO4/c1-3-21-14(2)19-23-17-11-9-16(10-12-17)18(20)22-13-15-7-5-4-6-8-15/h4-12H,3,13H2,1-2H3. The maximum atomic E-state index is 12.0. The molecule has 0 amide bonds. The molecule has 0 N–H and O–H groups in total. The van der Waals surface area contributed by atoms with Gasteiger partial charge in [-0.2, -0.15) is 0 Å². The first-order chi connectivity index (χ1) is 11.2. The molecule has 2 rings (SSSR count). The van der Waals surface area contributed by atoms with Gasteiger partial charge in [-0.3, -0.25) is 0 Å². The second kappa shape index (κ2) is 8.58. The predicted octanol–water partition coefficient (Wildman–Crippen LogP) is 3.79. The van der Waals surface area contributed by atoms with Gasteiger partial charge < -0.3 is 14.3 Å². The fraction of sp³-hybridized carbons (Fsp3) is 0.222. The van der Waals surface area contributed by atoms with Crippen molar-refractivity contribution in [3.63, 3.8) is 0 Å². The smallest absolute Gasteiger partial charge is 0.338 e. The third-order valence-corrected chi connectivity index (χ3v) is 2.94. The van der Waals surface area contributed by atoms with Gasteiger partial charge >= 0.3 is 5.97 Å². The number of ether oxygens (including phenoxy) is 2. The number of oxime groups is 1. The first-order valence-electron chi connectivity index (χ1n) is 7.34. The van der Waals surface area contributed by atoms with E-state index in [0.717, 1.165) is 5.56 Å². The van der Waals surface area contributed by atoms with Crippen molar-refractivity contribution in [3.05, 3.63) is 65.7 Å². The molecule has 0 aliphatic rings. The van der Waals surface area contributed by atoms with Crippen LogP contribution in [-0.4, -0.2) is 18.5 Å². The van der Waals surface area contributed by atoms with Crippen LogP contribution in [0.5, 0.6) is 5.75 Å². The number of hydrogen-bond acceptors (Lipinski definition) is 5. The Labute approximate surface area is 135 Å². The first-order valence-corrected chi connectivity index (χ1v) is 7.34. The fourth-order valence-corrected chi connectivity index (χ4v) is 1.81. The summed E-state index contributed by atoms with van der Waals surface area (Å²) in [6, 6.07) is 16.1. The molecule has 5 heteroatoms. The van der Waals surface area contributed by atoms with E-state index in [9.17, 15) is 4.79 Å². The molecule has 120 valence electrons. The van der Waals surface area contributed by atoms with Gasteiger partial charge in [0.15, 0.2) is 5.75 Å². The SMILES string of the molecule is CCOC(C)=NOc1ccc(C(=O)OCc2ccccc2)cc1. The zero-order valence-electron chi connectivity index (χ0n) is 13.2.